The van der Waals surface area contributed by atoms with Crippen molar-refractivity contribution in [2.24, 2.45) is 0 Å². The standard InChI is InChI=1S/C23H27N3O2S/c1-16-6-8-18(9-7-16)21(27)26(14-15-28-5)22-25-24-20(29-22)17-10-12-19(13-11-17)23(2,3)4/h6-13H,14-15H2,1-5H3. The molecule has 0 fully saturated rings. The maximum Gasteiger partial charge on any atom is 0.260 e. The third-order valence-electron chi connectivity index (χ3n) is 4.71. The van der Waals surface area contributed by atoms with Gasteiger partial charge in [-0.3, -0.25) is 9.69 Å². The summed E-state index contributed by atoms with van der Waals surface area (Å²) < 4.78 is 5.20. The Balaban J connectivity index is 1.87. The third kappa shape index (κ3) is 5.08. The summed E-state index contributed by atoms with van der Waals surface area (Å²) in [5, 5.41) is 9.99. The van der Waals surface area contributed by atoms with Crippen molar-refractivity contribution in [2.45, 2.75) is 33.1 Å². The Kier molecular flexibility index (Phi) is 6.45. The van der Waals surface area contributed by atoms with Crippen LogP contribution in [-0.2, 0) is 10.2 Å². The van der Waals surface area contributed by atoms with Crippen molar-refractivity contribution < 1.29 is 9.53 Å². The van der Waals surface area contributed by atoms with Crippen LogP contribution >= 0.6 is 11.3 Å². The monoisotopic (exact) mass is 409 g/mol. The lowest BCUT2D eigenvalue weighted by atomic mass is 9.87. The van der Waals surface area contributed by atoms with E-state index in [1.165, 1.54) is 16.9 Å². The number of hydrogen-bond acceptors (Lipinski definition) is 5. The number of anilines is 1. The maximum absolute atomic E-state index is 13.1. The SMILES string of the molecule is COCCN(C(=O)c1ccc(C)cc1)c1nnc(-c2ccc(C(C)(C)C)cc2)s1. The van der Waals surface area contributed by atoms with Crippen molar-refractivity contribution in [1.82, 2.24) is 10.2 Å². The number of aromatic nitrogens is 2. The van der Waals surface area contributed by atoms with E-state index in [0.717, 1.165) is 16.1 Å². The smallest absolute Gasteiger partial charge is 0.260 e. The first-order valence-corrected chi connectivity index (χ1v) is 10.4. The average molecular weight is 410 g/mol. The quantitative estimate of drug-likeness (QED) is 0.568. The molecule has 3 aromatic rings. The molecule has 0 spiro atoms. The van der Waals surface area contributed by atoms with E-state index in [-0.39, 0.29) is 11.3 Å². The zero-order valence-electron chi connectivity index (χ0n) is 17.6. The fraction of sp³-hybridized carbons (Fsp3) is 0.348. The Morgan fingerprint density at radius 3 is 2.28 bits per heavy atom. The molecule has 0 radical (unpaired) electrons. The van der Waals surface area contributed by atoms with Gasteiger partial charge in [-0.05, 0) is 30.0 Å². The number of methoxy groups -OCH3 is 1. The molecule has 0 aliphatic rings. The molecule has 152 valence electrons. The first-order valence-electron chi connectivity index (χ1n) is 9.61. The molecule has 0 aliphatic carbocycles. The molecular weight excluding hydrogens is 382 g/mol. The number of nitrogens with zero attached hydrogens (tertiary/aromatic N) is 3. The number of carbonyl (C=O) groups excluding carboxylic acids is 1. The van der Waals surface area contributed by atoms with E-state index in [9.17, 15) is 4.79 Å². The number of hydrogen-bond donors (Lipinski definition) is 0. The van der Waals surface area contributed by atoms with Gasteiger partial charge in [-0.1, -0.05) is 74.1 Å². The highest BCUT2D eigenvalue weighted by atomic mass is 32.1. The highest BCUT2D eigenvalue weighted by molar-refractivity contribution is 7.18. The Morgan fingerprint density at radius 2 is 1.69 bits per heavy atom. The number of amides is 1. The Labute approximate surface area is 176 Å². The summed E-state index contributed by atoms with van der Waals surface area (Å²) in [7, 11) is 1.62. The maximum atomic E-state index is 13.1. The first kappa shape index (κ1) is 21.1. The lowest BCUT2D eigenvalue weighted by Crippen LogP contribution is -2.33. The van der Waals surface area contributed by atoms with Crippen LogP contribution < -0.4 is 4.90 Å². The lowest BCUT2D eigenvalue weighted by Gasteiger charge is -2.19. The predicted octanol–water partition coefficient (Wildman–Crippen LogP) is 5.10. The molecule has 0 saturated heterocycles. The van der Waals surface area contributed by atoms with Crippen LogP contribution in [0.25, 0.3) is 10.6 Å². The van der Waals surface area contributed by atoms with Gasteiger partial charge in [-0.15, -0.1) is 10.2 Å². The molecule has 29 heavy (non-hydrogen) atoms. The summed E-state index contributed by atoms with van der Waals surface area (Å²) >= 11 is 1.41. The molecular formula is C23H27N3O2S. The second-order valence-electron chi connectivity index (χ2n) is 8.03. The predicted molar refractivity (Wildman–Crippen MR) is 119 cm³/mol. The first-order chi connectivity index (χ1) is 13.8. The molecule has 0 aliphatic heterocycles. The molecule has 0 unspecified atom stereocenters. The van der Waals surface area contributed by atoms with Gasteiger partial charge < -0.3 is 4.74 Å². The Bertz CT molecular complexity index is 957. The van der Waals surface area contributed by atoms with Crippen LogP contribution in [0, 0.1) is 6.92 Å². The zero-order valence-corrected chi connectivity index (χ0v) is 18.4. The highest BCUT2D eigenvalue weighted by Crippen LogP contribution is 2.31. The molecule has 5 nitrogen and oxygen atoms in total. The van der Waals surface area contributed by atoms with E-state index in [1.807, 2.05) is 31.2 Å². The van der Waals surface area contributed by atoms with E-state index in [4.69, 9.17) is 4.74 Å². The van der Waals surface area contributed by atoms with E-state index < -0.39 is 0 Å². The van der Waals surface area contributed by atoms with Crippen molar-refractivity contribution >= 4 is 22.4 Å². The molecule has 0 saturated carbocycles. The van der Waals surface area contributed by atoms with Gasteiger partial charge >= 0.3 is 0 Å². The molecule has 0 N–H and O–H groups in total. The normalized spacial score (nSPS) is 11.5. The van der Waals surface area contributed by atoms with Gasteiger partial charge in [0.05, 0.1) is 13.2 Å². The Morgan fingerprint density at radius 1 is 1.03 bits per heavy atom. The summed E-state index contributed by atoms with van der Waals surface area (Å²) in [6.45, 7) is 9.41. The summed E-state index contributed by atoms with van der Waals surface area (Å²) in [5.74, 6) is -0.104. The van der Waals surface area contributed by atoms with Crippen LogP contribution in [0.5, 0.6) is 0 Å². The lowest BCUT2D eigenvalue weighted by molar-refractivity contribution is 0.0975. The number of carbonyl (C=O) groups is 1. The largest absolute Gasteiger partial charge is 0.383 e. The summed E-state index contributed by atoms with van der Waals surface area (Å²) in [5.41, 5.74) is 4.10. The number of aryl methyl sites for hydroxylation is 1. The van der Waals surface area contributed by atoms with E-state index in [1.54, 1.807) is 12.0 Å². The minimum Gasteiger partial charge on any atom is -0.383 e. The molecule has 0 atom stereocenters. The third-order valence-corrected chi connectivity index (χ3v) is 5.70. The summed E-state index contributed by atoms with van der Waals surface area (Å²) in [6.07, 6.45) is 0. The van der Waals surface area contributed by atoms with E-state index >= 15 is 0 Å². The van der Waals surface area contributed by atoms with Gasteiger partial charge in [0.2, 0.25) is 5.13 Å². The molecule has 0 bridgehead atoms. The molecule has 1 amide bonds. The van der Waals surface area contributed by atoms with Crippen molar-refractivity contribution in [3.05, 3.63) is 65.2 Å². The molecule has 1 aromatic heterocycles. The molecule has 1 heterocycles. The topological polar surface area (TPSA) is 55.3 Å². The van der Waals surface area contributed by atoms with Crippen LogP contribution in [0.3, 0.4) is 0 Å². The van der Waals surface area contributed by atoms with Crippen LogP contribution in [0.1, 0.15) is 42.3 Å². The average Bonchev–Trinajstić information content (AvgIpc) is 3.18. The van der Waals surface area contributed by atoms with E-state index in [0.29, 0.717) is 23.8 Å². The van der Waals surface area contributed by atoms with Crippen LogP contribution in [-0.4, -0.2) is 36.4 Å². The summed E-state index contributed by atoms with van der Waals surface area (Å²) in [6, 6.07) is 15.9. The van der Waals surface area contributed by atoms with Crippen LogP contribution in [0.2, 0.25) is 0 Å². The fourth-order valence-corrected chi connectivity index (χ4v) is 3.75. The van der Waals surface area contributed by atoms with Gasteiger partial charge in [-0.2, -0.15) is 0 Å². The van der Waals surface area contributed by atoms with Crippen molar-refractivity contribution in [2.75, 3.05) is 25.2 Å². The van der Waals surface area contributed by atoms with Gasteiger partial charge in [-0.25, -0.2) is 0 Å². The number of rotatable bonds is 6. The zero-order chi connectivity index (χ0) is 21.0. The van der Waals surface area contributed by atoms with E-state index in [2.05, 4.69) is 55.2 Å². The summed E-state index contributed by atoms with van der Waals surface area (Å²) in [4.78, 5) is 14.7. The molecule has 3 rings (SSSR count). The van der Waals surface area contributed by atoms with Crippen molar-refractivity contribution in [1.29, 1.82) is 0 Å². The van der Waals surface area contributed by atoms with Gasteiger partial charge in [0, 0.05) is 18.2 Å². The van der Waals surface area contributed by atoms with Crippen LogP contribution in [0.4, 0.5) is 5.13 Å². The number of benzene rings is 2. The molecule has 6 heteroatoms. The second-order valence-corrected chi connectivity index (χ2v) is 8.99. The fourth-order valence-electron chi connectivity index (χ4n) is 2.87. The second kappa shape index (κ2) is 8.84. The van der Waals surface area contributed by atoms with Crippen molar-refractivity contribution in [3.8, 4) is 10.6 Å². The highest BCUT2D eigenvalue weighted by Gasteiger charge is 2.22. The van der Waals surface area contributed by atoms with Gasteiger partial charge in [0.25, 0.3) is 5.91 Å². The minimum absolute atomic E-state index is 0.0994. The number of ether oxygens (including phenoxy) is 1. The molecule has 2 aromatic carbocycles. The minimum atomic E-state index is -0.104. The van der Waals surface area contributed by atoms with Gasteiger partial charge in [0.1, 0.15) is 5.01 Å². The van der Waals surface area contributed by atoms with Crippen molar-refractivity contribution in [3.63, 3.8) is 0 Å². The van der Waals surface area contributed by atoms with Crippen LogP contribution in [0.15, 0.2) is 48.5 Å². The van der Waals surface area contributed by atoms with Gasteiger partial charge in [0.15, 0.2) is 0 Å². The Hall–Kier alpha value is -2.57.